The molecule has 2 atom stereocenters. The number of carbonyl (C=O) groups excluding carboxylic acids is 2. The standard InChI is InChI=1S/C17H24F2O6S/c1-2-13(20)8-16-5-10-3-11(6-16)14(12(4-10)7-16)15(21)25-9-17(18,19)26(22,23)24/h10-12,14H,2-9H2,1H3,(H,22,23,24). The van der Waals surface area contributed by atoms with Crippen LogP contribution in [0.1, 0.15) is 51.9 Å². The number of alkyl halides is 2. The van der Waals surface area contributed by atoms with Crippen molar-refractivity contribution in [1.82, 2.24) is 0 Å². The Hall–Kier alpha value is -1.09. The highest BCUT2D eigenvalue weighted by Gasteiger charge is 2.58. The van der Waals surface area contributed by atoms with E-state index in [0.717, 1.165) is 19.3 Å². The maximum atomic E-state index is 13.3. The SMILES string of the molecule is CCC(=O)CC12CC3CC(C1)C(C(=O)OCC(F)(F)S(=O)(=O)O)C(C3)C2. The third-order valence-corrected chi connectivity index (χ3v) is 7.27. The quantitative estimate of drug-likeness (QED) is 0.527. The highest BCUT2D eigenvalue weighted by Crippen LogP contribution is 2.63. The minimum atomic E-state index is -5.62. The molecule has 1 N–H and O–H groups in total. The summed E-state index contributed by atoms with van der Waals surface area (Å²) >= 11 is 0. The molecule has 0 radical (unpaired) electrons. The summed E-state index contributed by atoms with van der Waals surface area (Å²) in [5.41, 5.74) is -0.0846. The molecule has 0 aromatic rings. The summed E-state index contributed by atoms with van der Waals surface area (Å²) in [5, 5.41) is -4.51. The van der Waals surface area contributed by atoms with Crippen molar-refractivity contribution in [3.63, 3.8) is 0 Å². The fourth-order valence-corrected chi connectivity index (χ4v) is 5.87. The molecule has 0 heterocycles. The summed E-state index contributed by atoms with van der Waals surface area (Å²) in [6.07, 6.45) is 5.02. The van der Waals surface area contributed by atoms with Crippen LogP contribution in [0.25, 0.3) is 0 Å². The van der Waals surface area contributed by atoms with Crippen molar-refractivity contribution in [3.05, 3.63) is 0 Å². The summed E-state index contributed by atoms with van der Waals surface area (Å²) in [4.78, 5) is 24.4. The molecule has 0 spiro atoms. The lowest BCUT2D eigenvalue weighted by atomic mass is 9.45. The number of rotatable bonds is 7. The first-order valence-electron chi connectivity index (χ1n) is 8.99. The largest absolute Gasteiger partial charge is 0.458 e. The first-order valence-corrected chi connectivity index (χ1v) is 10.4. The molecule has 4 rings (SSSR count). The van der Waals surface area contributed by atoms with Crippen molar-refractivity contribution < 1.29 is 36.1 Å². The predicted molar refractivity (Wildman–Crippen MR) is 86.8 cm³/mol. The summed E-state index contributed by atoms with van der Waals surface area (Å²) in [6.45, 7) is 0.155. The van der Waals surface area contributed by atoms with Crippen LogP contribution in [0, 0.1) is 29.1 Å². The van der Waals surface area contributed by atoms with Gasteiger partial charge in [-0.1, -0.05) is 6.92 Å². The summed E-state index contributed by atoms with van der Waals surface area (Å²) < 4.78 is 61.0. The average molecular weight is 394 g/mol. The maximum Gasteiger partial charge on any atom is 0.402 e. The first-order chi connectivity index (χ1) is 12.0. The lowest BCUT2D eigenvalue weighted by Gasteiger charge is -2.59. The van der Waals surface area contributed by atoms with E-state index in [0.29, 0.717) is 31.6 Å². The minimum Gasteiger partial charge on any atom is -0.458 e. The van der Waals surface area contributed by atoms with Crippen molar-refractivity contribution in [1.29, 1.82) is 0 Å². The zero-order chi connectivity index (χ0) is 19.3. The van der Waals surface area contributed by atoms with E-state index in [1.54, 1.807) is 0 Å². The number of hydrogen-bond acceptors (Lipinski definition) is 5. The Bertz CT molecular complexity index is 688. The number of ether oxygens (including phenoxy) is 1. The highest BCUT2D eigenvalue weighted by atomic mass is 32.2. The second kappa shape index (κ2) is 6.51. The van der Waals surface area contributed by atoms with Gasteiger partial charge in [-0.05, 0) is 55.3 Å². The number of ketones is 1. The van der Waals surface area contributed by atoms with E-state index < -0.39 is 33.9 Å². The summed E-state index contributed by atoms with van der Waals surface area (Å²) in [7, 11) is -5.62. The zero-order valence-electron chi connectivity index (χ0n) is 14.6. The van der Waals surface area contributed by atoms with Crippen molar-refractivity contribution in [2.24, 2.45) is 29.1 Å². The van der Waals surface area contributed by atoms with Gasteiger partial charge in [-0.2, -0.15) is 17.2 Å². The molecule has 148 valence electrons. The average Bonchev–Trinajstić information content (AvgIpc) is 2.50. The van der Waals surface area contributed by atoms with Gasteiger partial charge in [-0.3, -0.25) is 14.1 Å². The van der Waals surface area contributed by atoms with E-state index >= 15 is 0 Å². The van der Waals surface area contributed by atoms with Gasteiger partial charge in [0.25, 0.3) is 0 Å². The number of carbonyl (C=O) groups is 2. The highest BCUT2D eigenvalue weighted by molar-refractivity contribution is 7.86. The molecule has 9 heteroatoms. The van der Waals surface area contributed by atoms with Crippen LogP contribution in [-0.4, -0.2) is 36.6 Å². The third-order valence-electron chi connectivity index (χ3n) is 6.40. The van der Waals surface area contributed by atoms with Crippen molar-refractivity contribution in [2.75, 3.05) is 6.61 Å². The van der Waals surface area contributed by atoms with Gasteiger partial charge in [-0.15, -0.1) is 0 Å². The van der Waals surface area contributed by atoms with Gasteiger partial charge in [0.05, 0.1) is 5.92 Å². The molecular weight excluding hydrogens is 370 g/mol. The van der Waals surface area contributed by atoms with Crippen LogP contribution < -0.4 is 0 Å². The maximum absolute atomic E-state index is 13.3. The van der Waals surface area contributed by atoms with Gasteiger partial charge < -0.3 is 4.74 Å². The minimum absolute atomic E-state index is 0.0160. The van der Waals surface area contributed by atoms with Crippen LogP contribution in [0.15, 0.2) is 0 Å². The molecule has 6 nitrogen and oxygen atoms in total. The van der Waals surface area contributed by atoms with E-state index in [1.807, 2.05) is 6.92 Å². The molecule has 0 aromatic heterocycles. The molecular formula is C17H24F2O6S. The Kier molecular flexibility index (Phi) is 4.92. The number of Topliss-reactive ketones (excluding diaryl/α,β-unsaturated/α-hetero) is 1. The molecule has 4 aliphatic carbocycles. The Balaban J connectivity index is 1.68. The van der Waals surface area contributed by atoms with Crippen LogP contribution in [0.2, 0.25) is 0 Å². The van der Waals surface area contributed by atoms with Gasteiger partial charge >= 0.3 is 21.3 Å². The Labute approximate surface area is 151 Å². The normalized spacial score (nSPS) is 36.2. The fraction of sp³-hybridized carbons (Fsp3) is 0.882. The second-order valence-corrected chi connectivity index (χ2v) is 9.83. The van der Waals surface area contributed by atoms with Crippen molar-refractivity contribution in [2.45, 2.75) is 57.1 Å². The lowest BCUT2D eigenvalue weighted by Crippen LogP contribution is -2.54. The smallest absolute Gasteiger partial charge is 0.402 e. The van der Waals surface area contributed by atoms with E-state index in [4.69, 9.17) is 4.55 Å². The van der Waals surface area contributed by atoms with Gasteiger partial charge in [0.1, 0.15) is 5.78 Å². The van der Waals surface area contributed by atoms with Crippen molar-refractivity contribution >= 4 is 21.9 Å². The van der Waals surface area contributed by atoms with E-state index in [2.05, 4.69) is 4.74 Å². The van der Waals surface area contributed by atoms with Gasteiger partial charge in [-0.25, -0.2) is 0 Å². The molecule has 4 saturated carbocycles. The van der Waals surface area contributed by atoms with E-state index in [-0.39, 0.29) is 23.0 Å². The second-order valence-electron chi connectivity index (χ2n) is 8.28. The number of esters is 1. The molecule has 26 heavy (non-hydrogen) atoms. The van der Waals surface area contributed by atoms with E-state index in [1.165, 1.54) is 0 Å². The molecule has 4 bridgehead atoms. The molecule has 0 aliphatic heterocycles. The number of hydrogen-bond donors (Lipinski definition) is 1. The van der Waals surface area contributed by atoms with Gasteiger partial charge in [0, 0.05) is 12.8 Å². The predicted octanol–water partition coefficient (Wildman–Crippen LogP) is 2.82. The molecule has 0 saturated heterocycles. The first kappa shape index (κ1) is 19.7. The Morgan fingerprint density at radius 1 is 1.19 bits per heavy atom. The van der Waals surface area contributed by atoms with Gasteiger partial charge in [0.2, 0.25) is 0 Å². The topological polar surface area (TPSA) is 97.7 Å². The summed E-state index contributed by atoms with van der Waals surface area (Å²) in [5.74, 6) is -0.734. The molecule has 0 amide bonds. The van der Waals surface area contributed by atoms with Crippen LogP contribution in [0.3, 0.4) is 0 Å². The van der Waals surface area contributed by atoms with Crippen LogP contribution >= 0.6 is 0 Å². The Morgan fingerprint density at radius 3 is 2.27 bits per heavy atom. The lowest BCUT2D eigenvalue weighted by molar-refractivity contribution is -0.174. The Morgan fingerprint density at radius 2 is 1.77 bits per heavy atom. The van der Waals surface area contributed by atoms with Crippen LogP contribution in [-0.2, 0) is 24.4 Å². The molecule has 2 unspecified atom stereocenters. The molecule has 4 aliphatic rings. The molecule has 0 aromatic carbocycles. The van der Waals surface area contributed by atoms with Crippen LogP contribution in [0.4, 0.5) is 8.78 Å². The molecule has 4 fully saturated rings. The number of halogens is 2. The van der Waals surface area contributed by atoms with Crippen LogP contribution in [0.5, 0.6) is 0 Å². The monoisotopic (exact) mass is 394 g/mol. The third kappa shape index (κ3) is 3.52. The zero-order valence-corrected chi connectivity index (χ0v) is 15.4. The summed E-state index contributed by atoms with van der Waals surface area (Å²) in [6, 6.07) is 0. The van der Waals surface area contributed by atoms with E-state index in [9.17, 15) is 26.8 Å². The fourth-order valence-electron chi connectivity index (χ4n) is 5.66. The van der Waals surface area contributed by atoms with Crippen molar-refractivity contribution in [3.8, 4) is 0 Å². The van der Waals surface area contributed by atoms with Gasteiger partial charge in [0.15, 0.2) is 6.61 Å².